The number of hydrogen-bond donors (Lipinski definition) is 0. The van der Waals surface area contributed by atoms with Crippen LogP contribution in [0.5, 0.6) is 0 Å². The first-order chi connectivity index (χ1) is 5.06. The van der Waals surface area contributed by atoms with Crippen molar-refractivity contribution in [3.8, 4) is 0 Å². The molecule has 0 aliphatic carbocycles. The Balaban J connectivity index is 4.95. The van der Waals surface area contributed by atoms with E-state index in [2.05, 4.69) is 0 Å². The van der Waals surface area contributed by atoms with E-state index in [0.29, 0.717) is 0 Å². The van der Waals surface area contributed by atoms with Crippen LogP contribution in [-0.2, 0) is 0 Å². The molecular formula is C4H3F7N-. The lowest BCUT2D eigenvalue weighted by Crippen LogP contribution is -2.55. The third-order valence-corrected chi connectivity index (χ3v) is 1.13. The summed E-state index contributed by atoms with van der Waals surface area (Å²) < 4.78 is 80.8. The van der Waals surface area contributed by atoms with E-state index in [9.17, 15) is 30.7 Å². The molecule has 0 spiro atoms. The summed E-state index contributed by atoms with van der Waals surface area (Å²) in [6, 6.07) is -5.53. The zero-order chi connectivity index (χ0) is 10.2. The average Bonchev–Trinajstić information content (AvgIpc) is 1.81. The van der Waals surface area contributed by atoms with E-state index in [1.165, 1.54) is 0 Å². The molecule has 0 radical (unpaired) electrons. The van der Waals surface area contributed by atoms with Crippen LogP contribution in [0.15, 0.2) is 0 Å². The molecule has 0 amide bonds. The minimum Gasteiger partial charge on any atom is -0.612 e. The normalized spacial score (nSPS) is 19.0. The molecule has 0 heterocycles. The van der Waals surface area contributed by atoms with E-state index in [4.69, 9.17) is 5.73 Å². The van der Waals surface area contributed by atoms with Gasteiger partial charge >= 0.3 is 6.18 Å². The molecule has 1 nitrogen and oxygen atoms in total. The van der Waals surface area contributed by atoms with Crippen molar-refractivity contribution in [1.82, 2.24) is 0 Å². The van der Waals surface area contributed by atoms with Crippen molar-refractivity contribution in [2.75, 3.05) is 6.67 Å². The monoisotopic (exact) mass is 198 g/mol. The third-order valence-electron chi connectivity index (χ3n) is 1.13. The van der Waals surface area contributed by atoms with Crippen LogP contribution in [0.4, 0.5) is 30.7 Å². The van der Waals surface area contributed by atoms with Gasteiger partial charge in [0.2, 0.25) is 6.05 Å². The molecule has 0 aliphatic heterocycles. The van der Waals surface area contributed by atoms with Crippen LogP contribution in [0.1, 0.15) is 0 Å². The van der Waals surface area contributed by atoms with E-state index >= 15 is 0 Å². The van der Waals surface area contributed by atoms with Crippen molar-refractivity contribution < 1.29 is 30.7 Å². The number of hydrogen-bond acceptors (Lipinski definition) is 0. The largest absolute Gasteiger partial charge is 0.612 e. The van der Waals surface area contributed by atoms with Crippen molar-refractivity contribution in [1.29, 1.82) is 0 Å². The lowest BCUT2D eigenvalue weighted by Gasteiger charge is -2.35. The first-order valence-electron chi connectivity index (χ1n) is 2.50. The topological polar surface area (TPSA) is 23.8 Å². The zero-order valence-electron chi connectivity index (χ0n) is 5.35. The minimum absolute atomic E-state index is 2.98. The molecule has 0 rings (SSSR count). The summed E-state index contributed by atoms with van der Waals surface area (Å²) in [6.07, 6.45) is -6.09. The maximum absolute atomic E-state index is 12.1. The van der Waals surface area contributed by atoms with Crippen LogP contribution >= 0.6 is 0 Å². The fourth-order valence-electron chi connectivity index (χ4n) is 0.338. The van der Waals surface area contributed by atoms with E-state index in [0.717, 1.165) is 0 Å². The molecule has 1 atom stereocenters. The summed E-state index contributed by atoms with van der Waals surface area (Å²) in [5, 5.41) is 0. The van der Waals surface area contributed by atoms with Gasteiger partial charge in [-0.1, -0.05) is 0 Å². The quantitative estimate of drug-likeness (QED) is 0.481. The van der Waals surface area contributed by atoms with Crippen LogP contribution in [0.2, 0.25) is 0 Å². The standard InChI is InChI=1S/C4H3F7N/c5-1-2(6,3(7,8)9)4(10,11)12/h12H,1H2/q-1. The summed E-state index contributed by atoms with van der Waals surface area (Å²) in [5.41, 5.74) is 0.0565. The van der Waals surface area contributed by atoms with Gasteiger partial charge in [-0.15, -0.1) is 0 Å². The number of alkyl halides is 7. The van der Waals surface area contributed by atoms with Gasteiger partial charge in [0.1, 0.15) is 6.67 Å². The first-order valence-corrected chi connectivity index (χ1v) is 2.50. The van der Waals surface area contributed by atoms with Crippen molar-refractivity contribution in [3.63, 3.8) is 0 Å². The molecule has 0 saturated heterocycles. The van der Waals surface area contributed by atoms with E-state index in [1.807, 2.05) is 0 Å². The second kappa shape index (κ2) is 2.75. The second-order valence-corrected chi connectivity index (χ2v) is 2.01. The Morgan fingerprint density at radius 3 is 1.25 bits per heavy atom. The lowest BCUT2D eigenvalue weighted by atomic mass is 10.1. The molecule has 0 aromatic rings. The maximum Gasteiger partial charge on any atom is 0.429 e. The van der Waals surface area contributed by atoms with E-state index in [1.54, 1.807) is 0 Å². The summed E-state index contributed by atoms with van der Waals surface area (Å²) in [6.45, 7) is -2.98. The highest BCUT2D eigenvalue weighted by Crippen LogP contribution is 2.45. The summed E-state index contributed by atoms with van der Waals surface area (Å²) in [5.74, 6) is 0. The fourth-order valence-corrected chi connectivity index (χ4v) is 0.338. The smallest absolute Gasteiger partial charge is 0.429 e. The molecule has 0 bridgehead atoms. The summed E-state index contributed by atoms with van der Waals surface area (Å²) in [4.78, 5) is 0. The summed E-state index contributed by atoms with van der Waals surface area (Å²) >= 11 is 0. The molecule has 1 unspecified atom stereocenters. The maximum atomic E-state index is 12.1. The van der Waals surface area contributed by atoms with Gasteiger partial charge in [0, 0.05) is 0 Å². The van der Waals surface area contributed by atoms with Gasteiger partial charge in [0.15, 0.2) is 0 Å². The zero-order valence-corrected chi connectivity index (χ0v) is 5.35. The predicted octanol–water partition coefficient (Wildman–Crippen LogP) is 2.87. The molecule has 1 N–H and O–H groups in total. The van der Waals surface area contributed by atoms with Crippen LogP contribution in [0, 0.1) is 0 Å². The molecule has 12 heavy (non-hydrogen) atoms. The van der Waals surface area contributed by atoms with E-state index in [-0.39, 0.29) is 0 Å². The average molecular weight is 198 g/mol. The van der Waals surface area contributed by atoms with Gasteiger partial charge in [0.05, 0.1) is 0 Å². The Kier molecular flexibility index (Phi) is 2.63. The van der Waals surface area contributed by atoms with Gasteiger partial charge in [-0.05, 0) is 0 Å². The third kappa shape index (κ3) is 1.62. The molecular weight excluding hydrogens is 195 g/mol. The minimum atomic E-state index is -6.09. The van der Waals surface area contributed by atoms with Crippen molar-refractivity contribution >= 4 is 0 Å². The Morgan fingerprint density at radius 1 is 0.917 bits per heavy atom. The van der Waals surface area contributed by atoms with Gasteiger partial charge in [0.25, 0.3) is 5.67 Å². The molecule has 74 valence electrons. The van der Waals surface area contributed by atoms with Gasteiger partial charge in [-0.2, -0.15) is 13.2 Å². The van der Waals surface area contributed by atoms with Crippen LogP contribution in [-0.4, -0.2) is 24.6 Å². The molecule has 0 fully saturated rings. The van der Waals surface area contributed by atoms with Gasteiger partial charge < -0.3 is 5.73 Å². The van der Waals surface area contributed by atoms with Gasteiger partial charge in [-0.3, -0.25) is 0 Å². The van der Waals surface area contributed by atoms with Crippen molar-refractivity contribution in [2.45, 2.75) is 17.9 Å². The number of rotatable bonds is 2. The highest BCUT2D eigenvalue weighted by atomic mass is 19.4. The molecule has 0 aliphatic rings. The predicted molar refractivity (Wildman–Crippen MR) is 25.1 cm³/mol. The number of halogens is 7. The second-order valence-electron chi connectivity index (χ2n) is 2.01. The molecule has 0 saturated carbocycles. The molecule has 0 aromatic carbocycles. The number of nitrogens with one attached hydrogen (secondary N) is 1. The van der Waals surface area contributed by atoms with Crippen molar-refractivity contribution in [3.05, 3.63) is 5.73 Å². The Hall–Kier alpha value is -0.530. The SMILES string of the molecule is [NH-]C(F)(F)C(F)(CF)C(F)(F)F. The van der Waals surface area contributed by atoms with Crippen molar-refractivity contribution in [2.24, 2.45) is 0 Å². The Morgan fingerprint density at radius 2 is 1.25 bits per heavy atom. The Bertz CT molecular complexity index is 142. The van der Waals surface area contributed by atoms with Crippen LogP contribution in [0.3, 0.4) is 0 Å². The molecule has 8 heteroatoms. The Labute approximate surface area is 62.3 Å². The van der Waals surface area contributed by atoms with Crippen LogP contribution in [0.25, 0.3) is 5.73 Å². The highest BCUT2D eigenvalue weighted by Gasteiger charge is 2.65. The lowest BCUT2D eigenvalue weighted by molar-refractivity contribution is -0.292. The highest BCUT2D eigenvalue weighted by molar-refractivity contribution is 5.01. The fraction of sp³-hybridized carbons (Fsp3) is 1.00. The first kappa shape index (κ1) is 11.5. The van der Waals surface area contributed by atoms with E-state index < -0.39 is 24.6 Å². The van der Waals surface area contributed by atoms with Crippen LogP contribution < -0.4 is 0 Å². The molecule has 0 aromatic heterocycles. The van der Waals surface area contributed by atoms with Gasteiger partial charge in [-0.25, -0.2) is 17.6 Å². The summed E-state index contributed by atoms with van der Waals surface area (Å²) in [7, 11) is 0.